The first-order chi connectivity index (χ1) is 9.63. The maximum Gasteiger partial charge on any atom is 0.273 e. The lowest BCUT2D eigenvalue weighted by Gasteiger charge is -2.13. The standard InChI is InChI=1S/C14H14ClN3OS/c15-10-3-1-9(2-4-10)13-17-12(8-20-13)14(19)18-6-5-11(16)7-18/h1-4,8,11H,5-7,16H2/t11-/m1/s1. The third kappa shape index (κ3) is 2.70. The monoisotopic (exact) mass is 307 g/mol. The molecule has 3 rings (SSSR count). The van der Waals surface area contributed by atoms with Crippen molar-refractivity contribution < 1.29 is 4.79 Å². The van der Waals surface area contributed by atoms with Gasteiger partial charge in [0.1, 0.15) is 10.7 Å². The average molecular weight is 308 g/mol. The van der Waals surface area contributed by atoms with Crippen LogP contribution < -0.4 is 5.73 Å². The first kappa shape index (κ1) is 13.5. The molecule has 2 aromatic rings. The second-order valence-electron chi connectivity index (χ2n) is 4.84. The van der Waals surface area contributed by atoms with E-state index in [1.54, 1.807) is 10.3 Å². The van der Waals surface area contributed by atoms with E-state index < -0.39 is 0 Å². The van der Waals surface area contributed by atoms with Crippen LogP contribution in [0, 0.1) is 0 Å². The zero-order valence-corrected chi connectivity index (χ0v) is 12.3. The molecule has 1 atom stereocenters. The van der Waals surface area contributed by atoms with E-state index in [4.69, 9.17) is 17.3 Å². The number of nitrogens with two attached hydrogens (primary N) is 1. The zero-order chi connectivity index (χ0) is 14.1. The minimum absolute atomic E-state index is 0.0330. The predicted octanol–water partition coefficient (Wildman–Crippen LogP) is 2.64. The third-order valence-electron chi connectivity index (χ3n) is 3.33. The quantitative estimate of drug-likeness (QED) is 0.928. The Kier molecular flexibility index (Phi) is 3.74. The van der Waals surface area contributed by atoms with Gasteiger partial charge in [-0.15, -0.1) is 11.3 Å². The Morgan fingerprint density at radius 2 is 2.15 bits per heavy atom. The summed E-state index contributed by atoms with van der Waals surface area (Å²) in [7, 11) is 0. The molecule has 0 spiro atoms. The summed E-state index contributed by atoms with van der Waals surface area (Å²) in [6, 6.07) is 7.54. The summed E-state index contributed by atoms with van der Waals surface area (Å²) in [5, 5.41) is 3.32. The molecule has 0 unspecified atom stereocenters. The van der Waals surface area contributed by atoms with Gasteiger partial charge in [0.15, 0.2) is 0 Å². The number of nitrogens with zero attached hydrogens (tertiary/aromatic N) is 2. The van der Waals surface area contributed by atoms with Gasteiger partial charge in [0.2, 0.25) is 0 Å². The fourth-order valence-corrected chi connectivity index (χ4v) is 3.16. The molecule has 4 nitrogen and oxygen atoms in total. The molecule has 0 radical (unpaired) electrons. The van der Waals surface area contributed by atoms with E-state index in [9.17, 15) is 4.79 Å². The summed E-state index contributed by atoms with van der Waals surface area (Å²) in [5.74, 6) is -0.0330. The van der Waals surface area contributed by atoms with Gasteiger partial charge in [0, 0.05) is 35.1 Å². The van der Waals surface area contributed by atoms with Gasteiger partial charge in [0.05, 0.1) is 0 Å². The van der Waals surface area contributed by atoms with E-state index in [0.717, 1.165) is 17.0 Å². The summed E-state index contributed by atoms with van der Waals surface area (Å²) in [5.41, 5.74) is 7.29. The molecule has 20 heavy (non-hydrogen) atoms. The van der Waals surface area contributed by atoms with Crippen LogP contribution >= 0.6 is 22.9 Å². The molecule has 1 aliphatic rings. The van der Waals surface area contributed by atoms with Crippen molar-refractivity contribution >= 4 is 28.8 Å². The van der Waals surface area contributed by atoms with E-state index in [0.29, 0.717) is 23.8 Å². The Morgan fingerprint density at radius 3 is 2.80 bits per heavy atom. The van der Waals surface area contributed by atoms with Crippen LogP contribution in [0.3, 0.4) is 0 Å². The summed E-state index contributed by atoms with van der Waals surface area (Å²) < 4.78 is 0. The van der Waals surface area contributed by atoms with Crippen molar-refractivity contribution in [3.8, 4) is 10.6 Å². The molecule has 1 saturated heterocycles. The fourth-order valence-electron chi connectivity index (χ4n) is 2.23. The lowest BCUT2D eigenvalue weighted by molar-refractivity contribution is 0.0786. The van der Waals surface area contributed by atoms with E-state index in [1.165, 1.54) is 11.3 Å². The van der Waals surface area contributed by atoms with Crippen LogP contribution in [0.25, 0.3) is 10.6 Å². The molecule has 1 amide bonds. The number of thiazole rings is 1. The highest BCUT2D eigenvalue weighted by Gasteiger charge is 2.26. The average Bonchev–Trinajstić information content (AvgIpc) is 3.08. The number of amides is 1. The number of halogens is 1. The summed E-state index contributed by atoms with van der Waals surface area (Å²) >= 11 is 7.33. The van der Waals surface area contributed by atoms with Gasteiger partial charge in [-0.1, -0.05) is 23.7 Å². The second-order valence-corrected chi connectivity index (χ2v) is 6.14. The molecular weight excluding hydrogens is 294 g/mol. The minimum Gasteiger partial charge on any atom is -0.336 e. The summed E-state index contributed by atoms with van der Waals surface area (Å²) in [4.78, 5) is 18.5. The normalized spacial score (nSPS) is 18.5. The van der Waals surface area contributed by atoms with Crippen LogP contribution in [0.5, 0.6) is 0 Å². The smallest absolute Gasteiger partial charge is 0.273 e. The fraction of sp³-hybridized carbons (Fsp3) is 0.286. The van der Waals surface area contributed by atoms with Crippen LogP contribution in [-0.4, -0.2) is 34.9 Å². The first-order valence-electron chi connectivity index (χ1n) is 6.40. The van der Waals surface area contributed by atoms with Gasteiger partial charge in [-0.3, -0.25) is 4.79 Å². The highest BCUT2D eigenvalue weighted by Crippen LogP contribution is 2.26. The Balaban J connectivity index is 1.79. The summed E-state index contributed by atoms with van der Waals surface area (Å²) in [6.45, 7) is 1.33. The molecule has 1 fully saturated rings. The molecule has 0 bridgehead atoms. The van der Waals surface area contributed by atoms with Crippen molar-refractivity contribution in [3.63, 3.8) is 0 Å². The Labute approximate surface area is 126 Å². The third-order valence-corrected chi connectivity index (χ3v) is 4.47. The number of carbonyl (C=O) groups is 1. The maximum atomic E-state index is 12.3. The van der Waals surface area contributed by atoms with E-state index in [2.05, 4.69) is 4.98 Å². The van der Waals surface area contributed by atoms with Crippen LogP contribution in [0.2, 0.25) is 5.02 Å². The Bertz CT molecular complexity index is 626. The Hall–Kier alpha value is -1.43. The van der Waals surface area contributed by atoms with Crippen molar-refractivity contribution in [1.82, 2.24) is 9.88 Å². The van der Waals surface area contributed by atoms with Crippen molar-refractivity contribution in [2.24, 2.45) is 5.73 Å². The number of hydrogen-bond donors (Lipinski definition) is 1. The zero-order valence-electron chi connectivity index (χ0n) is 10.8. The first-order valence-corrected chi connectivity index (χ1v) is 7.65. The van der Waals surface area contributed by atoms with Crippen LogP contribution in [0.1, 0.15) is 16.9 Å². The highest BCUT2D eigenvalue weighted by atomic mass is 35.5. The van der Waals surface area contributed by atoms with Gasteiger partial charge in [0.25, 0.3) is 5.91 Å². The molecule has 1 aromatic heterocycles. The predicted molar refractivity (Wildman–Crippen MR) is 81.1 cm³/mol. The molecule has 6 heteroatoms. The van der Waals surface area contributed by atoms with Crippen LogP contribution in [0.4, 0.5) is 0 Å². The maximum absolute atomic E-state index is 12.3. The highest BCUT2D eigenvalue weighted by molar-refractivity contribution is 7.13. The number of likely N-dealkylation sites (tertiary alicyclic amines) is 1. The van der Waals surface area contributed by atoms with Crippen molar-refractivity contribution in [3.05, 3.63) is 40.4 Å². The lowest BCUT2D eigenvalue weighted by atomic mass is 10.2. The number of hydrogen-bond acceptors (Lipinski definition) is 4. The minimum atomic E-state index is -0.0330. The van der Waals surface area contributed by atoms with Gasteiger partial charge in [-0.2, -0.15) is 0 Å². The van der Waals surface area contributed by atoms with Crippen LogP contribution in [-0.2, 0) is 0 Å². The van der Waals surface area contributed by atoms with E-state index in [1.807, 2.05) is 24.3 Å². The molecule has 1 aliphatic heterocycles. The van der Waals surface area contributed by atoms with Crippen LogP contribution in [0.15, 0.2) is 29.6 Å². The number of aromatic nitrogens is 1. The number of benzene rings is 1. The van der Waals surface area contributed by atoms with Gasteiger partial charge in [-0.05, 0) is 18.6 Å². The van der Waals surface area contributed by atoms with Gasteiger partial charge in [-0.25, -0.2) is 4.98 Å². The van der Waals surface area contributed by atoms with E-state index >= 15 is 0 Å². The summed E-state index contributed by atoms with van der Waals surface area (Å²) in [6.07, 6.45) is 0.861. The number of rotatable bonds is 2. The van der Waals surface area contributed by atoms with Crippen molar-refractivity contribution in [1.29, 1.82) is 0 Å². The molecule has 2 heterocycles. The Morgan fingerprint density at radius 1 is 1.40 bits per heavy atom. The van der Waals surface area contributed by atoms with E-state index in [-0.39, 0.29) is 11.9 Å². The van der Waals surface area contributed by atoms with Gasteiger partial charge >= 0.3 is 0 Å². The SMILES string of the molecule is N[C@@H]1CCN(C(=O)c2csc(-c3ccc(Cl)cc3)n2)C1. The number of carbonyl (C=O) groups excluding carboxylic acids is 1. The van der Waals surface area contributed by atoms with Crippen molar-refractivity contribution in [2.45, 2.75) is 12.5 Å². The molecule has 0 aliphatic carbocycles. The molecule has 2 N–H and O–H groups in total. The van der Waals surface area contributed by atoms with Gasteiger partial charge < -0.3 is 10.6 Å². The van der Waals surface area contributed by atoms with Crippen molar-refractivity contribution in [2.75, 3.05) is 13.1 Å². The molecule has 1 aromatic carbocycles. The molecule has 104 valence electrons. The molecular formula is C14H14ClN3OS. The lowest BCUT2D eigenvalue weighted by Crippen LogP contribution is -2.32. The topological polar surface area (TPSA) is 59.2 Å². The second kappa shape index (κ2) is 5.52. The molecule has 0 saturated carbocycles. The largest absolute Gasteiger partial charge is 0.336 e.